The largest absolute Gasteiger partial charge is 0.356 e. The molecule has 24 heavy (non-hydrogen) atoms. The molecule has 8 heteroatoms. The van der Waals surface area contributed by atoms with Gasteiger partial charge in [-0.1, -0.05) is 38.5 Å². The number of hydrogen-bond acceptors (Lipinski definition) is 3. The lowest BCUT2D eigenvalue weighted by atomic mass is 10.0. The first kappa shape index (κ1) is 23.9. The first-order valence-corrected chi connectivity index (χ1v) is 10.6. The van der Waals surface area contributed by atoms with Crippen molar-refractivity contribution in [1.82, 2.24) is 15.4 Å². The summed E-state index contributed by atoms with van der Waals surface area (Å²) < 4.78 is 25.1. The van der Waals surface area contributed by atoms with Crippen LogP contribution in [0.4, 0.5) is 0 Å². The molecule has 0 unspecified atom stereocenters. The van der Waals surface area contributed by atoms with Crippen molar-refractivity contribution in [3.63, 3.8) is 0 Å². The second kappa shape index (κ2) is 14.1. The van der Waals surface area contributed by atoms with Crippen molar-refractivity contribution >= 4 is 40.0 Å². The van der Waals surface area contributed by atoms with E-state index in [1.54, 1.807) is 14.0 Å². The number of sulfonamides is 1. The smallest absolute Gasteiger partial charge is 0.211 e. The predicted molar refractivity (Wildman–Crippen MR) is 113 cm³/mol. The SMILES string of the molecule is CCS(=O)(=O)NCCCNC(=NC)NCCCCC1CCCC1.I. The van der Waals surface area contributed by atoms with Crippen molar-refractivity contribution in [3.8, 4) is 0 Å². The highest BCUT2D eigenvalue weighted by Crippen LogP contribution is 2.28. The zero-order valence-electron chi connectivity index (χ0n) is 15.1. The van der Waals surface area contributed by atoms with E-state index >= 15 is 0 Å². The van der Waals surface area contributed by atoms with Gasteiger partial charge in [-0.3, -0.25) is 4.99 Å². The summed E-state index contributed by atoms with van der Waals surface area (Å²) >= 11 is 0. The van der Waals surface area contributed by atoms with E-state index in [0.717, 1.165) is 24.8 Å². The average Bonchev–Trinajstić information content (AvgIpc) is 3.05. The summed E-state index contributed by atoms with van der Waals surface area (Å²) in [6, 6.07) is 0. The third-order valence-electron chi connectivity index (χ3n) is 4.38. The Labute approximate surface area is 165 Å². The van der Waals surface area contributed by atoms with Gasteiger partial charge in [0.05, 0.1) is 5.75 Å². The van der Waals surface area contributed by atoms with E-state index in [-0.39, 0.29) is 29.7 Å². The van der Waals surface area contributed by atoms with Gasteiger partial charge in [0.25, 0.3) is 0 Å². The van der Waals surface area contributed by atoms with Gasteiger partial charge >= 0.3 is 0 Å². The number of nitrogens with zero attached hydrogens (tertiary/aromatic N) is 1. The number of nitrogens with one attached hydrogen (secondary N) is 3. The molecule has 144 valence electrons. The minimum absolute atomic E-state index is 0. The molecule has 0 heterocycles. The van der Waals surface area contributed by atoms with E-state index in [2.05, 4.69) is 20.3 Å². The summed E-state index contributed by atoms with van der Waals surface area (Å²) in [7, 11) is -1.32. The fourth-order valence-electron chi connectivity index (χ4n) is 2.91. The highest BCUT2D eigenvalue weighted by molar-refractivity contribution is 14.0. The fraction of sp³-hybridized carbons (Fsp3) is 0.938. The molecule has 1 aliphatic rings. The van der Waals surface area contributed by atoms with Gasteiger partial charge < -0.3 is 10.6 Å². The van der Waals surface area contributed by atoms with Gasteiger partial charge in [0, 0.05) is 26.7 Å². The number of aliphatic imine (C=N–C) groups is 1. The number of unbranched alkanes of at least 4 members (excludes halogenated alkanes) is 1. The molecule has 1 aliphatic carbocycles. The van der Waals surface area contributed by atoms with Crippen molar-refractivity contribution in [2.75, 3.05) is 32.4 Å². The van der Waals surface area contributed by atoms with Crippen LogP contribution in [0, 0.1) is 5.92 Å². The van der Waals surface area contributed by atoms with E-state index < -0.39 is 10.0 Å². The third-order valence-corrected chi connectivity index (χ3v) is 5.78. The quantitative estimate of drug-likeness (QED) is 0.186. The summed E-state index contributed by atoms with van der Waals surface area (Å²) in [5, 5.41) is 6.52. The molecule has 1 saturated carbocycles. The molecule has 0 aliphatic heterocycles. The lowest BCUT2D eigenvalue weighted by molar-refractivity contribution is 0.472. The minimum atomic E-state index is -3.08. The molecule has 0 amide bonds. The Morgan fingerprint density at radius 1 is 1.04 bits per heavy atom. The van der Waals surface area contributed by atoms with E-state index in [0.29, 0.717) is 13.1 Å². The molecule has 0 saturated heterocycles. The van der Waals surface area contributed by atoms with Gasteiger partial charge in [-0.05, 0) is 25.7 Å². The maximum Gasteiger partial charge on any atom is 0.211 e. The number of hydrogen-bond donors (Lipinski definition) is 3. The second-order valence-electron chi connectivity index (χ2n) is 6.22. The Bertz CT molecular complexity index is 437. The second-order valence-corrected chi connectivity index (χ2v) is 8.32. The first-order chi connectivity index (χ1) is 11.1. The lowest BCUT2D eigenvalue weighted by Crippen LogP contribution is -2.39. The Balaban J connectivity index is 0.00000529. The van der Waals surface area contributed by atoms with Crippen LogP contribution in [-0.2, 0) is 10.0 Å². The molecule has 3 N–H and O–H groups in total. The van der Waals surface area contributed by atoms with Crippen LogP contribution in [0.25, 0.3) is 0 Å². The molecule has 1 rings (SSSR count). The van der Waals surface area contributed by atoms with Crippen molar-refractivity contribution in [3.05, 3.63) is 0 Å². The summed E-state index contributed by atoms with van der Waals surface area (Å²) in [4.78, 5) is 4.18. The van der Waals surface area contributed by atoms with Gasteiger partial charge in [-0.15, -0.1) is 24.0 Å². The van der Waals surface area contributed by atoms with Crippen LogP contribution in [0.5, 0.6) is 0 Å². The molecule has 0 bridgehead atoms. The number of rotatable bonds is 11. The molecule has 0 spiro atoms. The lowest BCUT2D eigenvalue weighted by Gasteiger charge is -2.13. The van der Waals surface area contributed by atoms with Crippen LogP contribution >= 0.6 is 24.0 Å². The molecular formula is C16H35IN4O2S. The Morgan fingerprint density at radius 3 is 2.25 bits per heavy atom. The Hall–Kier alpha value is -0.0900. The van der Waals surface area contributed by atoms with Crippen LogP contribution in [-0.4, -0.2) is 46.8 Å². The van der Waals surface area contributed by atoms with Gasteiger partial charge in [0.15, 0.2) is 5.96 Å². The zero-order chi connectivity index (χ0) is 17.0. The Morgan fingerprint density at radius 2 is 1.67 bits per heavy atom. The van der Waals surface area contributed by atoms with Crippen molar-refractivity contribution in [2.45, 2.75) is 58.3 Å². The summed E-state index contributed by atoms with van der Waals surface area (Å²) in [5.41, 5.74) is 0. The van der Waals surface area contributed by atoms with E-state index in [4.69, 9.17) is 0 Å². The monoisotopic (exact) mass is 474 g/mol. The highest BCUT2D eigenvalue weighted by Gasteiger charge is 2.13. The highest BCUT2D eigenvalue weighted by atomic mass is 127. The molecule has 0 atom stereocenters. The van der Waals surface area contributed by atoms with E-state index in [9.17, 15) is 8.42 Å². The molecule has 0 aromatic carbocycles. The van der Waals surface area contributed by atoms with Crippen molar-refractivity contribution in [1.29, 1.82) is 0 Å². The molecule has 0 aromatic heterocycles. The van der Waals surface area contributed by atoms with Gasteiger partial charge in [-0.25, -0.2) is 13.1 Å². The minimum Gasteiger partial charge on any atom is -0.356 e. The summed E-state index contributed by atoms with van der Waals surface area (Å²) in [5.74, 6) is 1.90. The maximum atomic E-state index is 11.3. The van der Waals surface area contributed by atoms with Crippen LogP contribution < -0.4 is 15.4 Å². The van der Waals surface area contributed by atoms with Gasteiger partial charge in [0.1, 0.15) is 0 Å². The molecular weight excluding hydrogens is 439 g/mol. The van der Waals surface area contributed by atoms with Crippen LogP contribution in [0.3, 0.4) is 0 Å². The maximum absolute atomic E-state index is 11.3. The average molecular weight is 474 g/mol. The van der Waals surface area contributed by atoms with Crippen molar-refractivity contribution in [2.24, 2.45) is 10.9 Å². The predicted octanol–water partition coefficient (Wildman–Crippen LogP) is 2.46. The number of guanidine groups is 1. The topological polar surface area (TPSA) is 82.6 Å². The van der Waals surface area contributed by atoms with Crippen LogP contribution in [0.15, 0.2) is 4.99 Å². The molecule has 1 fully saturated rings. The molecule has 0 aromatic rings. The van der Waals surface area contributed by atoms with Crippen molar-refractivity contribution < 1.29 is 8.42 Å². The van der Waals surface area contributed by atoms with E-state index in [1.165, 1.54) is 44.9 Å². The first-order valence-electron chi connectivity index (χ1n) is 8.99. The van der Waals surface area contributed by atoms with Gasteiger partial charge in [-0.2, -0.15) is 0 Å². The zero-order valence-corrected chi connectivity index (χ0v) is 18.3. The standard InChI is InChI=1S/C16H34N4O2S.HI/c1-3-23(21,22)20-14-8-13-19-16(17-2)18-12-7-6-11-15-9-4-5-10-15;/h15,20H,3-14H2,1-2H3,(H2,17,18,19);1H. The van der Waals surface area contributed by atoms with Crippen LogP contribution in [0.1, 0.15) is 58.3 Å². The van der Waals surface area contributed by atoms with Gasteiger partial charge in [0.2, 0.25) is 10.0 Å². The third kappa shape index (κ3) is 11.5. The molecule has 0 radical (unpaired) electrons. The Kier molecular flexibility index (Phi) is 14.1. The van der Waals surface area contributed by atoms with E-state index in [1.807, 2.05) is 0 Å². The fourth-order valence-corrected chi connectivity index (χ4v) is 3.57. The van der Waals surface area contributed by atoms with Crippen LogP contribution in [0.2, 0.25) is 0 Å². The summed E-state index contributed by atoms with van der Waals surface area (Å²) in [6.07, 6.45) is 10.3. The summed E-state index contributed by atoms with van der Waals surface area (Å²) in [6.45, 7) is 3.74. The normalized spacial score (nSPS) is 16.0. The molecule has 6 nitrogen and oxygen atoms in total. The number of halogens is 1.